The lowest BCUT2D eigenvalue weighted by Crippen LogP contribution is -2.48. The predicted octanol–water partition coefficient (Wildman–Crippen LogP) is 4.40. The summed E-state index contributed by atoms with van der Waals surface area (Å²) in [6.07, 6.45) is 0.103. The van der Waals surface area contributed by atoms with E-state index in [9.17, 15) is 9.59 Å². The molecule has 0 heterocycles. The number of benzene rings is 2. The van der Waals surface area contributed by atoms with Crippen molar-refractivity contribution in [3.8, 4) is 0 Å². The minimum Gasteiger partial charge on any atom is -0.355 e. The second-order valence-electron chi connectivity index (χ2n) is 6.49. The fourth-order valence-electron chi connectivity index (χ4n) is 2.72. The van der Waals surface area contributed by atoms with E-state index in [2.05, 4.69) is 5.32 Å². The highest BCUT2D eigenvalue weighted by Crippen LogP contribution is 2.22. The fourth-order valence-corrected chi connectivity index (χ4v) is 3.20. The first-order valence-electron chi connectivity index (χ1n) is 8.88. The Kier molecular flexibility index (Phi) is 7.69. The molecule has 2 aromatic carbocycles. The largest absolute Gasteiger partial charge is 0.355 e. The Morgan fingerprint density at radius 1 is 1.11 bits per heavy atom. The molecule has 1 atom stereocenters. The molecule has 2 amide bonds. The first-order chi connectivity index (χ1) is 12.8. The Hall–Kier alpha value is -2.04. The lowest BCUT2D eigenvalue weighted by Gasteiger charge is -2.29. The smallest absolute Gasteiger partial charge is 0.242 e. The summed E-state index contributed by atoms with van der Waals surface area (Å²) in [5.74, 6) is -0.348. The molecule has 0 aliphatic rings. The van der Waals surface area contributed by atoms with Gasteiger partial charge < -0.3 is 10.2 Å². The maximum atomic E-state index is 13.0. The standard InChI is InChI=1S/C21H24Cl2N2O2/c1-4-24-21(27)15(3)25(13-16-7-5-14(2)6-8-16)20(26)11-17-9-10-18(22)12-19(17)23/h5-10,12,15H,4,11,13H2,1-3H3,(H,24,27)/t15-/m0/s1. The SMILES string of the molecule is CCNC(=O)[C@H](C)N(Cc1ccc(C)cc1)C(=O)Cc1ccc(Cl)cc1Cl. The van der Waals surface area contributed by atoms with Gasteiger partial charge in [-0.05, 0) is 44.0 Å². The molecule has 2 rings (SSSR count). The van der Waals surface area contributed by atoms with Crippen LogP contribution in [-0.4, -0.2) is 29.3 Å². The van der Waals surface area contributed by atoms with Gasteiger partial charge in [0.15, 0.2) is 0 Å². The van der Waals surface area contributed by atoms with Gasteiger partial charge in [-0.15, -0.1) is 0 Å². The van der Waals surface area contributed by atoms with Crippen LogP contribution in [0.3, 0.4) is 0 Å². The molecular formula is C21H24Cl2N2O2. The Labute approximate surface area is 170 Å². The number of carbonyl (C=O) groups is 2. The predicted molar refractivity (Wildman–Crippen MR) is 110 cm³/mol. The zero-order chi connectivity index (χ0) is 20.0. The van der Waals surface area contributed by atoms with Crippen molar-refractivity contribution >= 4 is 35.0 Å². The fraction of sp³-hybridized carbons (Fsp3) is 0.333. The number of halogens is 2. The highest BCUT2D eigenvalue weighted by molar-refractivity contribution is 6.35. The minimum atomic E-state index is -0.593. The van der Waals surface area contributed by atoms with Gasteiger partial charge in [-0.25, -0.2) is 0 Å². The van der Waals surface area contributed by atoms with Gasteiger partial charge in [-0.3, -0.25) is 9.59 Å². The van der Waals surface area contributed by atoms with Gasteiger partial charge >= 0.3 is 0 Å². The van der Waals surface area contributed by atoms with Crippen molar-refractivity contribution in [1.29, 1.82) is 0 Å². The number of nitrogens with zero attached hydrogens (tertiary/aromatic N) is 1. The first-order valence-corrected chi connectivity index (χ1v) is 9.64. The van der Waals surface area contributed by atoms with Gasteiger partial charge in [0.05, 0.1) is 6.42 Å². The molecule has 6 heteroatoms. The van der Waals surface area contributed by atoms with Crippen molar-refractivity contribution in [3.63, 3.8) is 0 Å². The van der Waals surface area contributed by atoms with E-state index in [1.54, 1.807) is 30.0 Å². The van der Waals surface area contributed by atoms with Gasteiger partial charge in [-0.1, -0.05) is 59.1 Å². The zero-order valence-electron chi connectivity index (χ0n) is 15.8. The van der Waals surface area contributed by atoms with Crippen LogP contribution < -0.4 is 5.32 Å². The van der Waals surface area contributed by atoms with Crippen LogP contribution in [0.5, 0.6) is 0 Å². The van der Waals surface area contributed by atoms with Crippen LogP contribution in [0.4, 0.5) is 0 Å². The van der Waals surface area contributed by atoms with Crippen molar-refractivity contribution in [2.45, 2.75) is 39.8 Å². The summed E-state index contributed by atoms with van der Waals surface area (Å²) in [7, 11) is 0. The third-order valence-electron chi connectivity index (χ3n) is 4.35. The topological polar surface area (TPSA) is 49.4 Å². The normalized spacial score (nSPS) is 11.7. The molecule has 0 unspecified atom stereocenters. The summed E-state index contributed by atoms with van der Waals surface area (Å²) in [6.45, 7) is 6.46. The van der Waals surface area contributed by atoms with Crippen molar-refractivity contribution in [2.75, 3.05) is 6.54 Å². The number of hydrogen-bond acceptors (Lipinski definition) is 2. The van der Waals surface area contributed by atoms with Crippen molar-refractivity contribution in [3.05, 3.63) is 69.2 Å². The van der Waals surface area contributed by atoms with Gasteiger partial charge in [-0.2, -0.15) is 0 Å². The molecule has 0 aliphatic heterocycles. The molecule has 27 heavy (non-hydrogen) atoms. The van der Waals surface area contributed by atoms with Gasteiger partial charge in [0, 0.05) is 23.1 Å². The molecule has 4 nitrogen and oxygen atoms in total. The number of rotatable bonds is 7. The maximum Gasteiger partial charge on any atom is 0.242 e. The molecule has 0 bridgehead atoms. The summed E-state index contributed by atoms with van der Waals surface area (Å²) < 4.78 is 0. The third kappa shape index (κ3) is 5.98. The average molecular weight is 407 g/mol. The first kappa shape index (κ1) is 21.3. The second-order valence-corrected chi connectivity index (χ2v) is 7.33. The molecule has 1 N–H and O–H groups in total. The number of aryl methyl sites for hydroxylation is 1. The highest BCUT2D eigenvalue weighted by atomic mass is 35.5. The Bertz CT molecular complexity index is 806. The van der Waals surface area contributed by atoms with E-state index in [1.165, 1.54) is 0 Å². The van der Waals surface area contributed by atoms with Crippen LogP contribution in [0.1, 0.15) is 30.5 Å². The van der Waals surface area contributed by atoms with Crippen LogP contribution >= 0.6 is 23.2 Å². The van der Waals surface area contributed by atoms with Crippen LogP contribution in [0.15, 0.2) is 42.5 Å². The summed E-state index contributed by atoms with van der Waals surface area (Å²) in [6, 6.07) is 12.4. The molecule has 144 valence electrons. The lowest BCUT2D eigenvalue weighted by molar-refractivity contribution is -0.140. The second kappa shape index (κ2) is 9.77. The van der Waals surface area contributed by atoms with Gasteiger partial charge in [0.1, 0.15) is 6.04 Å². The molecule has 0 radical (unpaired) electrons. The van der Waals surface area contributed by atoms with E-state index >= 15 is 0 Å². The number of likely N-dealkylation sites (N-methyl/N-ethyl adjacent to an activating group) is 1. The Morgan fingerprint density at radius 2 is 1.78 bits per heavy atom. The molecule has 0 saturated carbocycles. The summed E-state index contributed by atoms with van der Waals surface area (Å²) in [4.78, 5) is 27.0. The molecular weight excluding hydrogens is 383 g/mol. The van der Waals surface area contributed by atoms with Gasteiger partial charge in [0.25, 0.3) is 0 Å². The van der Waals surface area contributed by atoms with Crippen molar-refractivity contribution in [1.82, 2.24) is 10.2 Å². The average Bonchev–Trinajstić information content (AvgIpc) is 2.63. The van der Waals surface area contributed by atoms with Gasteiger partial charge in [0.2, 0.25) is 11.8 Å². The quantitative estimate of drug-likeness (QED) is 0.740. The molecule has 0 spiro atoms. The van der Waals surface area contributed by atoms with E-state index in [0.29, 0.717) is 28.7 Å². The van der Waals surface area contributed by atoms with E-state index < -0.39 is 6.04 Å². The van der Waals surface area contributed by atoms with Crippen LogP contribution in [0.25, 0.3) is 0 Å². The number of nitrogens with one attached hydrogen (secondary N) is 1. The van der Waals surface area contributed by atoms with E-state index in [-0.39, 0.29) is 18.2 Å². The number of amides is 2. The van der Waals surface area contributed by atoms with Crippen LogP contribution in [0, 0.1) is 6.92 Å². The minimum absolute atomic E-state index is 0.103. The Morgan fingerprint density at radius 3 is 2.37 bits per heavy atom. The summed E-state index contributed by atoms with van der Waals surface area (Å²) >= 11 is 12.1. The molecule has 0 saturated heterocycles. The summed E-state index contributed by atoms with van der Waals surface area (Å²) in [5.41, 5.74) is 2.79. The molecule has 0 fully saturated rings. The maximum absolute atomic E-state index is 13.0. The lowest BCUT2D eigenvalue weighted by atomic mass is 10.1. The monoisotopic (exact) mass is 406 g/mol. The molecule has 0 aromatic heterocycles. The van der Waals surface area contributed by atoms with Crippen molar-refractivity contribution in [2.24, 2.45) is 0 Å². The Balaban J connectivity index is 2.25. The number of hydrogen-bond donors (Lipinski definition) is 1. The van der Waals surface area contributed by atoms with Crippen LogP contribution in [-0.2, 0) is 22.6 Å². The third-order valence-corrected chi connectivity index (χ3v) is 4.94. The van der Waals surface area contributed by atoms with Crippen LogP contribution in [0.2, 0.25) is 10.0 Å². The molecule has 0 aliphatic carbocycles. The summed E-state index contributed by atoms with van der Waals surface area (Å²) in [5, 5.41) is 3.74. The zero-order valence-corrected chi connectivity index (χ0v) is 17.3. The highest BCUT2D eigenvalue weighted by Gasteiger charge is 2.26. The number of carbonyl (C=O) groups excluding carboxylic acids is 2. The van der Waals surface area contributed by atoms with E-state index in [1.807, 2.05) is 38.1 Å². The molecule has 2 aromatic rings. The van der Waals surface area contributed by atoms with E-state index in [0.717, 1.165) is 11.1 Å². The van der Waals surface area contributed by atoms with Crippen molar-refractivity contribution < 1.29 is 9.59 Å². The van der Waals surface area contributed by atoms with E-state index in [4.69, 9.17) is 23.2 Å².